The van der Waals surface area contributed by atoms with E-state index in [1.54, 1.807) is 6.26 Å². The van der Waals surface area contributed by atoms with Crippen molar-refractivity contribution in [1.82, 2.24) is 9.88 Å². The average molecular weight is 416 g/mol. The van der Waals surface area contributed by atoms with Crippen LogP contribution in [-0.2, 0) is 12.8 Å². The van der Waals surface area contributed by atoms with Gasteiger partial charge in [-0.15, -0.1) is 11.3 Å². The number of anilines is 1. The Bertz CT molecular complexity index is 1280. The molecule has 30 heavy (non-hydrogen) atoms. The van der Waals surface area contributed by atoms with E-state index in [-0.39, 0.29) is 5.91 Å². The third kappa shape index (κ3) is 2.53. The van der Waals surface area contributed by atoms with Crippen molar-refractivity contribution in [3.05, 3.63) is 58.7 Å². The molecule has 0 unspecified atom stereocenters. The van der Waals surface area contributed by atoms with Crippen LogP contribution in [0.2, 0.25) is 0 Å². The van der Waals surface area contributed by atoms with Gasteiger partial charge in [-0.1, -0.05) is 24.3 Å². The summed E-state index contributed by atoms with van der Waals surface area (Å²) in [4.78, 5) is 21.5. The molecule has 2 N–H and O–H groups in total. The van der Waals surface area contributed by atoms with Gasteiger partial charge in [0.15, 0.2) is 0 Å². The summed E-state index contributed by atoms with van der Waals surface area (Å²) in [6.45, 7) is 1.60. The minimum absolute atomic E-state index is 0.0248. The fourth-order valence-corrected chi connectivity index (χ4v) is 5.87. The second-order valence-corrected chi connectivity index (χ2v) is 8.97. The second kappa shape index (κ2) is 6.71. The summed E-state index contributed by atoms with van der Waals surface area (Å²) in [5.41, 5.74) is 12.8. The monoisotopic (exact) mass is 415 g/mol. The van der Waals surface area contributed by atoms with Crippen molar-refractivity contribution in [3.63, 3.8) is 0 Å². The number of fused-ring (bicyclic) bond motifs is 4. The molecule has 1 aliphatic heterocycles. The molecule has 2 aliphatic rings. The zero-order valence-corrected chi connectivity index (χ0v) is 17.3. The minimum atomic E-state index is 0.0248. The molecule has 1 amide bonds. The SMILES string of the molecule is Nc1c(C(=O)N2CCCC2)sc2nc3c(c(-c4ccco4)c12)CCc1ccccc1-3. The standard InChI is InChI=1S/C24H21N3O2S/c25-20-19-18(17-8-5-13-29-17)16-10-9-14-6-1-2-7-15(14)21(16)26-23(19)30-22(20)24(28)27-11-3-4-12-27/h1-2,5-8,13H,3-4,9-12,25H2. The van der Waals surface area contributed by atoms with E-state index in [1.165, 1.54) is 16.9 Å². The smallest absolute Gasteiger partial charge is 0.266 e. The van der Waals surface area contributed by atoms with Gasteiger partial charge in [0.05, 0.1) is 17.6 Å². The molecule has 0 spiro atoms. The zero-order chi connectivity index (χ0) is 20.2. The van der Waals surface area contributed by atoms with Gasteiger partial charge < -0.3 is 15.1 Å². The zero-order valence-electron chi connectivity index (χ0n) is 16.5. The number of pyridine rings is 1. The quantitative estimate of drug-likeness (QED) is 0.492. The van der Waals surface area contributed by atoms with Crippen LogP contribution in [0.4, 0.5) is 5.69 Å². The number of likely N-dealkylation sites (tertiary alicyclic amines) is 1. The van der Waals surface area contributed by atoms with Crippen molar-refractivity contribution in [2.75, 3.05) is 18.8 Å². The molecule has 4 aromatic rings. The molecule has 0 bridgehead atoms. The molecule has 6 rings (SSSR count). The summed E-state index contributed by atoms with van der Waals surface area (Å²) in [5.74, 6) is 0.805. The summed E-state index contributed by atoms with van der Waals surface area (Å²) in [5, 5.41) is 0.857. The normalized spacial score (nSPS) is 15.4. The Morgan fingerprint density at radius 3 is 2.73 bits per heavy atom. The van der Waals surface area contributed by atoms with Crippen molar-refractivity contribution in [2.24, 2.45) is 0 Å². The molecule has 4 heterocycles. The summed E-state index contributed by atoms with van der Waals surface area (Å²) in [7, 11) is 0. The Morgan fingerprint density at radius 2 is 1.93 bits per heavy atom. The molecular formula is C24H21N3O2S. The number of nitrogen functional groups attached to an aromatic ring is 1. The molecule has 0 radical (unpaired) electrons. The van der Waals surface area contributed by atoms with E-state index in [1.807, 2.05) is 17.0 Å². The van der Waals surface area contributed by atoms with Gasteiger partial charge in [-0.05, 0) is 48.9 Å². The summed E-state index contributed by atoms with van der Waals surface area (Å²) >= 11 is 1.41. The van der Waals surface area contributed by atoms with Crippen LogP contribution >= 0.6 is 11.3 Å². The van der Waals surface area contributed by atoms with Gasteiger partial charge in [-0.25, -0.2) is 4.98 Å². The molecule has 0 atom stereocenters. The number of aryl methyl sites for hydroxylation is 1. The average Bonchev–Trinajstić information content (AvgIpc) is 3.54. The van der Waals surface area contributed by atoms with Gasteiger partial charge in [-0.3, -0.25) is 4.79 Å². The number of nitrogens with two attached hydrogens (primary N) is 1. The first-order chi connectivity index (χ1) is 14.7. The van der Waals surface area contributed by atoms with Crippen molar-refractivity contribution in [2.45, 2.75) is 25.7 Å². The fourth-order valence-electron chi connectivity index (χ4n) is 4.80. The van der Waals surface area contributed by atoms with Crippen LogP contribution < -0.4 is 5.73 Å². The Kier molecular flexibility index (Phi) is 3.96. The third-order valence-electron chi connectivity index (χ3n) is 6.25. The maximum absolute atomic E-state index is 13.2. The number of hydrogen-bond acceptors (Lipinski definition) is 5. The number of aromatic nitrogens is 1. The van der Waals surface area contributed by atoms with E-state index < -0.39 is 0 Å². The van der Waals surface area contributed by atoms with Crippen molar-refractivity contribution < 1.29 is 9.21 Å². The Morgan fingerprint density at radius 1 is 1.10 bits per heavy atom. The first-order valence-electron chi connectivity index (χ1n) is 10.4. The maximum atomic E-state index is 13.2. The molecule has 1 fully saturated rings. The first kappa shape index (κ1) is 17.7. The van der Waals surface area contributed by atoms with Gasteiger partial charge >= 0.3 is 0 Å². The number of nitrogens with zero attached hydrogens (tertiary/aromatic N) is 2. The number of hydrogen-bond donors (Lipinski definition) is 1. The fraction of sp³-hybridized carbons (Fsp3) is 0.250. The van der Waals surface area contributed by atoms with Crippen molar-refractivity contribution >= 4 is 33.1 Å². The lowest BCUT2D eigenvalue weighted by Crippen LogP contribution is -2.27. The van der Waals surface area contributed by atoms with Gasteiger partial charge in [0.25, 0.3) is 5.91 Å². The molecule has 1 aromatic carbocycles. The predicted molar refractivity (Wildman–Crippen MR) is 120 cm³/mol. The van der Waals surface area contributed by atoms with Crippen molar-refractivity contribution in [3.8, 4) is 22.6 Å². The van der Waals surface area contributed by atoms with E-state index >= 15 is 0 Å². The summed E-state index contributed by atoms with van der Waals surface area (Å²) in [6, 6.07) is 12.3. The molecule has 1 aliphatic carbocycles. The summed E-state index contributed by atoms with van der Waals surface area (Å²) in [6.07, 6.45) is 5.61. The molecule has 0 saturated carbocycles. The van der Waals surface area contributed by atoms with Crippen LogP contribution in [0.1, 0.15) is 33.6 Å². The highest BCUT2D eigenvalue weighted by molar-refractivity contribution is 7.21. The van der Waals surface area contributed by atoms with E-state index in [0.29, 0.717) is 10.6 Å². The van der Waals surface area contributed by atoms with Crippen molar-refractivity contribution in [1.29, 1.82) is 0 Å². The number of benzene rings is 1. The summed E-state index contributed by atoms with van der Waals surface area (Å²) < 4.78 is 5.83. The van der Waals surface area contributed by atoms with Crippen LogP contribution in [0.5, 0.6) is 0 Å². The second-order valence-electron chi connectivity index (χ2n) is 7.97. The number of rotatable bonds is 2. The van der Waals surface area contributed by atoms with E-state index in [2.05, 4.69) is 24.3 Å². The lowest BCUT2D eigenvalue weighted by Gasteiger charge is -2.21. The molecule has 150 valence electrons. The maximum Gasteiger partial charge on any atom is 0.266 e. The highest BCUT2D eigenvalue weighted by atomic mass is 32.1. The van der Waals surface area contributed by atoms with Gasteiger partial charge in [-0.2, -0.15) is 0 Å². The molecule has 1 saturated heterocycles. The van der Waals surface area contributed by atoms with Crippen LogP contribution in [0.25, 0.3) is 32.8 Å². The van der Waals surface area contributed by atoms with Crippen LogP contribution in [-0.4, -0.2) is 28.9 Å². The van der Waals surface area contributed by atoms with Gasteiger partial charge in [0.1, 0.15) is 15.5 Å². The lowest BCUT2D eigenvalue weighted by molar-refractivity contribution is 0.0798. The Balaban J connectivity index is 1.65. The molecule has 3 aromatic heterocycles. The Hall–Kier alpha value is -3.12. The highest BCUT2D eigenvalue weighted by Crippen LogP contribution is 2.46. The highest BCUT2D eigenvalue weighted by Gasteiger charge is 2.30. The number of carbonyl (C=O) groups excluding carboxylic acids is 1. The van der Waals surface area contributed by atoms with E-state index in [0.717, 1.165) is 77.1 Å². The van der Waals surface area contributed by atoms with Crippen LogP contribution in [0, 0.1) is 0 Å². The number of furan rings is 1. The topological polar surface area (TPSA) is 72.4 Å². The van der Waals surface area contributed by atoms with Gasteiger partial charge in [0, 0.05) is 29.6 Å². The molecular weight excluding hydrogens is 394 g/mol. The largest absolute Gasteiger partial charge is 0.464 e. The van der Waals surface area contributed by atoms with E-state index in [4.69, 9.17) is 15.1 Å². The Labute approximate surface area is 178 Å². The van der Waals surface area contributed by atoms with Crippen LogP contribution in [0.15, 0.2) is 47.1 Å². The predicted octanol–water partition coefficient (Wildman–Crippen LogP) is 5.14. The number of carbonyl (C=O) groups is 1. The lowest BCUT2D eigenvalue weighted by atomic mass is 9.85. The molecule has 5 nitrogen and oxygen atoms in total. The van der Waals surface area contributed by atoms with Crippen LogP contribution in [0.3, 0.4) is 0 Å². The first-order valence-corrected chi connectivity index (χ1v) is 11.2. The number of thiophene rings is 1. The number of amides is 1. The van der Waals surface area contributed by atoms with Gasteiger partial charge in [0.2, 0.25) is 0 Å². The van der Waals surface area contributed by atoms with E-state index in [9.17, 15) is 4.79 Å². The molecule has 6 heteroatoms. The third-order valence-corrected chi connectivity index (χ3v) is 7.34. The minimum Gasteiger partial charge on any atom is -0.464 e.